The van der Waals surface area contributed by atoms with Crippen molar-refractivity contribution in [2.45, 2.75) is 13.3 Å². The Labute approximate surface area is 105 Å². The van der Waals surface area contributed by atoms with Gasteiger partial charge in [0.05, 0.1) is 0 Å². The number of rotatable bonds is 3. The third-order valence-corrected chi connectivity index (χ3v) is 2.52. The number of benzene rings is 1. The van der Waals surface area contributed by atoms with Crippen molar-refractivity contribution in [1.82, 2.24) is 9.97 Å². The average molecular weight is 244 g/mol. The summed E-state index contributed by atoms with van der Waals surface area (Å²) in [4.78, 5) is 8.49. The Hall–Kier alpha value is -2.23. The van der Waals surface area contributed by atoms with Crippen molar-refractivity contribution in [3.05, 3.63) is 59.9 Å². The molecule has 0 aliphatic carbocycles. The van der Waals surface area contributed by atoms with Crippen molar-refractivity contribution < 1.29 is 9.50 Å². The minimum atomic E-state index is -0.561. The number of hydrogen-bond acceptors (Lipinski definition) is 3. The summed E-state index contributed by atoms with van der Waals surface area (Å²) in [6, 6.07) is 9.11. The first-order chi connectivity index (χ1) is 8.69. The Morgan fingerprint density at radius 3 is 2.61 bits per heavy atom. The molecular formula is C14H13FN2O. The van der Waals surface area contributed by atoms with Crippen molar-refractivity contribution in [1.29, 1.82) is 0 Å². The molecule has 0 aliphatic heterocycles. The lowest BCUT2D eigenvalue weighted by atomic mass is 10.1. The third-order valence-electron chi connectivity index (χ3n) is 2.52. The molecule has 2 rings (SSSR count). The molecule has 18 heavy (non-hydrogen) atoms. The first kappa shape index (κ1) is 12.2. The topological polar surface area (TPSA) is 46.0 Å². The van der Waals surface area contributed by atoms with E-state index in [0.717, 1.165) is 16.8 Å². The van der Waals surface area contributed by atoms with Crippen molar-refractivity contribution >= 4 is 0 Å². The highest BCUT2D eigenvalue weighted by atomic mass is 19.1. The molecule has 0 amide bonds. The standard InChI is InChI=1S/C14H13FN2O/c1-10-6-7-16-14(17-10)12-4-2-11(3-5-12)8-13(15)9-18/h2-7,9,18H,8H2,1H3/b13-9-. The lowest BCUT2D eigenvalue weighted by molar-refractivity contribution is 0.435. The summed E-state index contributed by atoms with van der Waals surface area (Å²) in [6.07, 6.45) is 2.28. The number of aryl methyl sites for hydroxylation is 1. The van der Waals surface area contributed by atoms with Crippen molar-refractivity contribution in [3.63, 3.8) is 0 Å². The summed E-state index contributed by atoms with van der Waals surface area (Å²) in [5.74, 6) is 0.0919. The van der Waals surface area contributed by atoms with E-state index < -0.39 is 5.83 Å². The molecule has 4 heteroatoms. The largest absolute Gasteiger partial charge is 0.513 e. The third kappa shape index (κ3) is 2.91. The van der Waals surface area contributed by atoms with Crippen LogP contribution in [0.4, 0.5) is 4.39 Å². The van der Waals surface area contributed by atoms with Crippen molar-refractivity contribution in [2.75, 3.05) is 0 Å². The van der Waals surface area contributed by atoms with Gasteiger partial charge in [-0.2, -0.15) is 0 Å². The molecule has 1 heterocycles. The number of aliphatic hydroxyl groups excluding tert-OH is 1. The number of aliphatic hydroxyl groups is 1. The highest BCUT2D eigenvalue weighted by Gasteiger charge is 2.03. The van der Waals surface area contributed by atoms with Crippen LogP contribution in [0.15, 0.2) is 48.6 Å². The maximum absolute atomic E-state index is 12.9. The molecule has 1 aromatic heterocycles. The van der Waals surface area contributed by atoms with Crippen LogP contribution in [0.5, 0.6) is 0 Å². The number of hydrogen-bond donors (Lipinski definition) is 1. The molecule has 0 fully saturated rings. The predicted octanol–water partition coefficient (Wildman–Crippen LogP) is 3.36. The quantitative estimate of drug-likeness (QED) is 0.842. The van der Waals surface area contributed by atoms with E-state index in [2.05, 4.69) is 9.97 Å². The van der Waals surface area contributed by atoms with Gasteiger partial charge >= 0.3 is 0 Å². The summed E-state index contributed by atoms with van der Waals surface area (Å²) in [5.41, 5.74) is 2.57. The zero-order valence-corrected chi connectivity index (χ0v) is 9.97. The van der Waals surface area contributed by atoms with E-state index in [4.69, 9.17) is 5.11 Å². The summed E-state index contributed by atoms with van der Waals surface area (Å²) in [5, 5.41) is 8.50. The molecule has 1 N–H and O–H groups in total. The summed E-state index contributed by atoms with van der Waals surface area (Å²) < 4.78 is 12.9. The Bertz CT molecular complexity index is 564. The van der Waals surface area contributed by atoms with E-state index in [0.29, 0.717) is 12.1 Å². The van der Waals surface area contributed by atoms with Crippen LogP contribution < -0.4 is 0 Å². The molecule has 0 aliphatic rings. The van der Waals surface area contributed by atoms with Crippen molar-refractivity contribution in [3.8, 4) is 11.4 Å². The molecule has 0 atom stereocenters. The van der Waals surface area contributed by atoms with Gasteiger partial charge in [0.25, 0.3) is 0 Å². The Morgan fingerprint density at radius 1 is 1.28 bits per heavy atom. The van der Waals surface area contributed by atoms with Crippen LogP contribution in [0, 0.1) is 6.92 Å². The second-order valence-electron chi connectivity index (χ2n) is 3.97. The molecule has 0 radical (unpaired) electrons. The van der Waals surface area contributed by atoms with Crippen LogP contribution >= 0.6 is 0 Å². The fraction of sp³-hybridized carbons (Fsp3) is 0.143. The highest BCUT2D eigenvalue weighted by molar-refractivity contribution is 5.55. The van der Waals surface area contributed by atoms with E-state index in [9.17, 15) is 4.39 Å². The van der Waals surface area contributed by atoms with E-state index >= 15 is 0 Å². The van der Waals surface area contributed by atoms with Gasteiger partial charge in [-0.05, 0) is 18.6 Å². The van der Waals surface area contributed by atoms with Crippen LogP contribution in [0.1, 0.15) is 11.3 Å². The minimum absolute atomic E-state index is 0.0887. The van der Waals surface area contributed by atoms with Crippen LogP contribution in [0.3, 0.4) is 0 Å². The van der Waals surface area contributed by atoms with Crippen LogP contribution in [0.2, 0.25) is 0 Å². The predicted molar refractivity (Wildman–Crippen MR) is 67.7 cm³/mol. The monoisotopic (exact) mass is 244 g/mol. The van der Waals surface area contributed by atoms with Gasteiger partial charge in [0, 0.05) is 23.9 Å². The molecular weight excluding hydrogens is 231 g/mol. The van der Waals surface area contributed by atoms with Gasteiger partial charge in [-0.15, -0.1) is 0 Å². The summed E-state index contributed by atoms with van der Waals surface area (Å²) in [7, 11) is 0. The first-order valence-electron chi connectivity index (χ1n) is 5.57. The second kappa shape index (κ2) is 5.40. The number of halogens is 1. The zero-order chi connectivity index (χ0) is 13.0. The number of allylic oxidation sites excluding steroid dienone is 1. The van der Waals surface area contributed by atoms with E-state index in [-0.39, 0.29) is 6.42 Å². The highest BCUT2D eigenvalue weighted by Crippen LogP contribution is 2.17. The van der Waals surface area contributed by atoms with Gasteiger partial charge in [-0.3, -0.25) is 0 Å². The minimum Gasteiger partial charge on any atom is -0.513 e. The van der Waals surface area contributed by atoms with Crippen LogP contribution in [-0.2, 0) is 6.42 Å². The average Bonchev–Trinajstić information content (AvgIpc) is 2.39. The van der Waals surface area contributed by atoms with Crippen molar-refractivity contribution in [2.24, 2.45) is 0 Å². The first-order valence-corrected chi connectivity index (χ1v) is 5.57. The molecule has 0 unspecified atom stereocenters. The molecule has 1 aromatic carbocycles. The summed E-state index contributed by atoms with van der Waals surface area (Å²) in [6.45, 7) is 1.90. The number of nitrogens with zero attached hydrogens (tertiary/aromatic N) is 2. The molecule has 3 nitrogen and oxygen atoms in total. The number of aromatic nitrogens is 2. The molecule has 2 aromatic rings. The fourth-order valence-corrected chi connectivity index (χ4v) is 1.60. The Morgan fingerprint density at radius 2 is 2.00 bits per heavy atom. The molecule has 0 spiro atoms. The van der Waals surface area contributed by atoms with Gasteiger partial charge in [0.2, 0.25) is 0 Å². The fourth-order valence-electron chi connectivity index (χ4n) is 1.60. The van der Waals surface area contributed by atoms with Gasteiger partial charge in [-0.25, -0.2) is 14.4 Å². The normalized spacial score (nSPS) is 11.6. The van der Waals surface area contributed by atoms with Crippen LogP contribution in [-0.4, -0.2) is 15.1 Å². The van der Waals surface area contributed by atoms with Gasteiger partial charge in [-0.1, -0.05) is 24.3 Å². The Kier molecular flexibility index (Phi) is 3.67. The second-order valence-corrected chi connectivity index (χ2v) is 3.97. The molecule has 0 bridgehead atoms. The molecule has 0 saturated carbocycles. The molecule has 0 saturated heterocycles. The van der Waals surface area contributed by atoms with E-state index in [1.165, 1.54) is 0 Å². The summed E-state index contributed by atoms with van der Waals surface area (Å²) >= 11 is 0. The van der Waals surface area contributed by atoms with Crippen LogP contribution in [0.25, 0.3) is 11.4 Å². The zero-order valence-electron chi connectivity index (χ0n) is 9.97. The van der Waals surface area contributed by atoms with E-state index in [1.54, 1.807) is 18.3 Å². The van der Waals surface area contributed by atoms with Gasteiger partial charge < -0.3 is 5.11 Å². The van der Waals surface area contributed by atoms with Gasteiger partial charge in [0.15, 0.2) is 5.82 Å². The smallest absolute Gasteiger partial charge is 0.159 e. The maximum atomic E-state index is 12.9. The lowest BCUT2D eigenvalue weighted by Crippen LogP contribution is -1.91. The van der Waals surface area contributed by atoms with E-state index in [1.807, 2.05) is 25.1 Å². The lowest BCUT2D eigenvalue weighted by Gasteiger charge is -2.03. The maximum Gasteiger partial charge on any atom is 0.159 e. The molecule has 92 valence electrons. The van der Waals surface area contributed by atoms with Gasteiger partial charge in [0.1, 0.15) is 12.1 Å². The SMILES string of the molecule is Cc1ccnc(-c2ccc(C/C(F)=C/O)cc2)n1. The Balaban J connectivity index is 2.22.